The summed E-state index contributed by atoms with van der Waals surface area (Å²) in [6.45, 7) is 0. The van der Waals surface area contributed by atoms with Crippen molar-refractivity contribution in [1.29, 1.82) is 0 Å². The van der Waals surface area contributed by atoms with Crippen molar-refractivity contribution in [3.8, 4) is 5.75 Å². The molecule has 2 amide bonds. The van der Waals surface area contributed by atoms with E-state index in [0.717, 1.165) is 37.9 Å². The van der Waals surface area contributed by atoms with Crippen molar-refractivity contribution in [2.24, 2.45) is 11.8 Å². The second-order valence-corrected chi connectivity index (χ2v) is 9.37. The summed E-state index contributed by atoms with van der Waals surface area (Å²) in [4.78, 5) is 30.1. The van der Waals surface area contributed by atoms with Gasteiger partial charge in [0.25, 0.3) is 11.8 Å². The van der Waals surface area contributed by atoms with Crippen molar-refractivity contribution in [2.75, 3.05) is 7.11 Å². The first-order valence-corrected chi connectivity index (χ1v) is 10.7. The molecule has 1 heterocycles. The van der Waals surface area contributed by atoms with Crippen LogP contribution in [-0.2, 0) is 0 Å². The third-order valence-corrected chi connectivity index (χ3v) is 7.07. The molecule has 4 bridgehead atoms. The van der Waals surface area contributed by atoms with Crippen LogP contribution in [-0.4, -0.2) is 35.0 Å². The largest absolute Gasteiger partial charge is 0.497 e. The molecule has 0 saturated heterocycles. The van der Waals surface area contributed by atoms with E-state index in [1.807, 2.05) is 24.3 Å². The Morgan fingerprint density at radius 1 is 0.967 bits per heavy atom. The Hall–Kier alpha value is -2.89. The van der Waals surface area contributed by atoms with Crippen molar-refractivity contribution < 1.29 is 15.8 Å². The van der Waals surface area contributed by atoms with E-state index in [4.69, 9.17) is 4.74 Å². The second-order valence-electron chi connectivity index (χ2n) is 9.37. The van der Waals surface area contributed by atoms with Crippen LogP contribution in [0.3, 0.4) is 0 Å². The number of methoxy groups -OCH3 is 1. The molecule has 4 saturated carbocycles. The van der Waals surface area contributed by atoms with Crippen molar-refractivity contribution in [1.82, 2.24) is 15.6 Å². The fourth-order valence-corrected chi connectivity index (χ4v) is 6.41. The zero-order valence-electron chi connectivity index (χ0n) is 17.2. The van der Waals surface area contributed by atoms with Crippen molar-refractivity contribution in [2.45, 2.75) is 49.6 Å². The Bertz CT molecular complexity index is 950. The highest BCUT2D eigenvalue weighted by atomic mass is 16.5. The van der Waals surface area contributed by atoms with Gasteiger partial charge < -0.3 is 15.4 Å². The van der Waals surface area contributed by atoms with Gasteiger partial charge in [-0.2, -0.15) is 0 Å². The lowest BCUT2D eigenvalue weighted by Crippen LogP contribution is -2.69. The maximum Gasteiger partial charge on any atom is 0.270 e. The van der Waals surface area contributed by atoms with Crippen LogP contribution in [0, 0.1) is 11.8 Å². The quantitative estimate of drug-likeness (QED) is 0.794. The van der Waals surface area contributed by atoms with Gasteiger partial charge in [0.05, 0.1) is 7.11 Å². The van der Waals surface area contributed by atoms with Crippen molar-refractivity contribution in [3.63, 3.8) is 0 Å². The van der Waals surface area contributed by atoms with E-state index >= 15 is 0 Å². The number of pyridine rings is 1. The molecule has 0 aliphatic heterocycles. The molecule has 0 spiro atoms. The smallest absolute Gasteiger partial charge is 0.270 e. The SMILES string of the molecule is COc1ccc(C(=O)NC23CC4CC(C2)CC(NC(=O)c2ccccn2)(C4)C3)cc1.[HH]. The van der Waals surface area contributed by atoms with Gasteiger partial charge in [0.2, 0.25) is 0 Å². The molecule has 4 aliphatic carbocycles. The lowest BCUT2D eigenvalue weighted by Gasteiger charge is -2.62. The molecule has 158 valence electrons. The first-order chi connectivity index (χ1) is 14.5. The minimum Gasteiger partial charge on any atom is -0.497 e. The molecule has 2 unspecified atom stereocenters. The number of ether oxygens (including phenoxy) is 1. The summed E-state index contributed by atoms with van der Waals surface area (Å²) < 4.78 is 5.19. The predicted octanol–water partition coefficient (Wildman–Crippen LogP) is 3.59. The van der Waals surface area contributed by atoms with Crippen LogP contribution in [0.2, 0.25) is 0 Å². The Labute approximate surface area is 177 Å². The van der Waals surface area contributed by atoms with E-state index in [0.29, 0.717) is 23.1 Å². The molecule has 2 N–H and O–H groups in total. The van der Waals surface area contributed by atoms with E-state index in [9.17, 15) is 9.59 Å². The highest BCUT2D eigenvalue weighted by Crippen LogP contribution is 2.57. The number of nitrogens with one attached hydrogen (secondary N) is 2. The van der Waals surface area contributed by atoms with Crippen LogP contribution in [0.5, 0.6) is 5.75 Å². The van der Waals surface area contributed by atoms with Gasteiger partial charge >= 0.3 is 0 Å². The van der Waals surface area contributed by atoms with E-state index in [-0.39, 0.29) is 24.3 Å². The lowest BCUT2D eigenvalue weighted by molar-refractivity contribution is -0.0448. The van der Waals surface area contributed by atoms with E-state index in [1.54, 1.807) is 31.5 Å². The second kappa shape index (κ2) is 7.11. The maximum absolute atomic E-state index is 13.0. The molecule has 1 aromatic heterocycles. The Morgan fingerprint density at radius 2 is 1.60 bits per heavy atom. The van der Waals surface area contributed by atoms with Gasteiger partial charge in [-0.05, 0) is 86.8 Å². The highest BCUT2D eigenvalue weighted by Gasteiger charge is 2.58. The average Bonchev–Trinajstić information content (AvgIpc) is 2.72. The van der Waals surface area contributed by atoms with Crippen molar-refractivity contribution in [3.05, 3.63) is 59.9 Å². The zero-order valence-corrected chi connectivity index (χ0v) is 17.2. The molecule has 4 aliphatic rings. The summed E-state index contributed by atoms with van der Waals surface area (Å²) in [6, 6.07) is 12.6. The van der Waals surface area contributed by atoms with Crippen LogP contribution < -0.4 is 15.4 Å². The van der Waals surface area contributed by atoms with E-state index in [1.165, 1.54) is 6.42 Å². The third-order valence-electron chi connectivity index (χ3n) is 7.07. The fourth-order valence-electron chi connectivity index (χ4n) is 6.41. The molecular formula is C24H29N3O3. The van der Waals surface area contributed by atoms with Gasteiger partial charge in [-0.15, -0.1) is 0 Å². The number of aromatic nitrogens is 1. The minimum atomic E-state index is -0.258. The molecule has 6 heteroatoms. The average molecular weight is 408 g/mol. The first-order valence-electron chi connectivity index (χ1n) is 10.7. The van der Waals surface area contributed by atoms with Gasteiger partial charge in [-0.1, -0.05) is 6.07 Å². The molecule has 30 heavy (non-hydrogen) atoms. The number of hydrogen-bond acceptors (Lipinski definition) is 4. The standard InChI is InChI=1S/C24H27N3O3.H2/c1-30-19-7-5-18(6-8-19)21(28)26-23-11-16-10-17(12-23)14-24(13-16,15-23)27-22(29)20-4-2-3-9-25-20;/h2-9,16-17H,10-15H2,1H3,(H,26,28)(H,27,29);1H. The Morgan fingerprint density at radius 3 is 2.17 bits per heavy atom. The summed E-state index contributed by atoms with van der Waals surface area (Å²) in [5, 5.41) is 6.69. The zero-order chi connectivity index (χ0) is 20.8. The van der Waals surface area contributed by atoms with E-state index in [2.05, 4.69) is 15.6 Å². The number of carbonyl (C=O) groups excluding carboxylic acids is 2. The third kappa shape index (κ3) is 3.44. The molecular weight excluding hydrogens is 378 g/mol. The summed E-state index contributed by atoms with van der Waals surface area (Å²) in [6.07, 6.45) is 7.59. The number of hydrogen-bond donors (Lipinski definition) is 2. The van der Waals surface area contributed by atoms with Gasteiger partial charge in [-0.3, -0.25) is 14.6 Å². The number of carbonyl (C=O) groups is 2. The predicted molar refractivity (Wildman–Crippen MR) is 114 cm³/mol. The normalized spacial score (nSPS) is 31.2. The molecule has 2 atom stereocenters. The number of nitrogens with zero attached hydrogens (tertiary/aromatic N) is 1. The van der Waals surface area contributed by atoms with Gasteiger partial charge in [0.15, 0.2) is 0 Å². The summed E-state index contributed by atoms with van der Waals surface area (Å²) in [5.74, 6) is 1.63. The summed E-state index contributed by atoms with van der Waals surface area (Å²) in [7, 11) is 1.61. The summed E-state index contributed by atoms with van der Waals surface area (Å²) in [5.41, 5.74) is 0.576. The number of rotatable bonds is 5. The van der Waals surface area contributed by atoms with Gasteiger partial charge in [0, 0.05) is 24.3 Å². The molecule has 4 fully saturated rings. The fraction of sp³-hybridized carbons (Fsp3) is 0.458. The van der Waals surface area contributed by atoms with Crippen LogP contribution in [0.25, 0.3) is 0 Å². The highest BCUT2D eigenvalue weighted by molar-refractivity contribution is 5.95. The Kier molecular flexibility index (Phi) is 4.53. The van der Waals surface area contributed by atoms with Gasteiger partial charge in [0.1, 0.15) is 11.4 Å². The number of benzene rings is 1. The molecule has 2 aromatic rings. The van der Waals surface area contributed by atoms with Crippen LogP contribution >= 0.6 is 0 Å². The van der Waals surface area contributed by atoms with Crippen LogP contribution in [0.1, 0.15) is 60.8 Å². The molecule has 1 aromatic carbocycles. The summed E-state index contributed by atoms with van der Waals surface area (Å²) >= 11 is 0. The maximum atomic E-state index is 13.0. The first kappa shape index (κ1) is 19.1. The minimum absolute atomic E-state index is 0. The topological polar surface area (TPSA) is 80.3 Å². The Balaban J connectivity index is 0.00000231. The molecule has 0 radical (unpaired) electrons. The van der Waals surface area contributed by atoms with Crippen molar-refractivity contribution >= 4 is 11.8 Å². The molecule has 6 rings (SSSR count). The molecule has 6 nitrogen and oxygen atoms in total. The lowest BCUT2D eigenvalue weighted by atomic mass is 9.49. The monoisotopic (exact) mass is 407 g/mol. The van der Waals surface area contributed by atoms with E-state index < -0.39 is 0 Å². The van der Waals surface area contributed by atoms with Crippen LogP contribution in [0.15, 0.2) is 48.7 Å². The van der Waals surface area contributed by atoms with Crippen LogP contribution in [0.4, 0.5) is 0 Å². The van der Waals surface area contributed by atoms with Gasteiger partial charge in [-0.25, -0.2) is 0 Å². The number of amides is 2.